The minimum atomic E-state index is -3.40. The molecule has 34 heavy (non-hydrogen) atoms. The quantitative estimate of drug-likeness (QED) is 0.375. The van der Waals surface area contributed by atoms with Gasteiger partial charge in [0.05, 0.1) is 28.7 Å². The van der Waals surface area contributed by atoms with Crippen LogP contribution < -0.4 is 0 Å². The summed E-state index contributed by atoms with van der Waals surface area (Å²) in [6, 6.07) is 3.93. The zero-order chi connectivity index (χ0) is 25.7. The predicted octanol–water partition coefficient (Wildman–Crippen LogP) is 1.01. The number of phenols is 1. The van der Waals surface area contributed by atoms with E-state index in [0.717, 1.165) is 12.5 Å². The molecule has 1 atom stereocenters. The number of rotatable bonds is 9. The lowest BCUT2D eigenvalue weighted by Crippen LogP contribution is -2.26. The summed E-state index contributed by atoms with van der Waals surface area (Å²) in [5.74, 6) is -2.77. The third-order valence-electron chi connectivity index (χ3n) is 4.79. The van der Waals surface area contributed by atoms with Crippen LogP contribution in [-0.4, -0.2) is 83.1 Å². The smallest absolute Gasteiger partial charge is 0.340 e. The van der Waals surface area contributed by atoms with Gasteiger partial charge in [-0.15, -0.1) is 6.58 Å². The number of ether oxygens (including phenoxy) is 2. The lowest BCUT2D eigenvalue weighted by molar-refractivity contribution is -0.142. The minimum absolute atomic E-state index is 0.0189. The van der Waals surface area contributed by atoms with Crippen LogP contribution in [0.1, 0.15) is 17.2 Å². The summed E-state index contributed by atoms with van der Waals surface area (Å²) in [6.45, 7) is 2.94. The van der Waals surface area contributed by atoms with Gasteiger partial charge >= 0.3 is 11.9 Å². The van der Waals surface area contributed by atoms with Gasteiger partial charge < -0.3 is 19.5 Å². The van der Waals surface area contributed by atoms with Crippen LogP contribution in [0.25, 0.3) is 6.08 Å². The van der Waals surface area contributed by atoms with Crippen molar-refractivity contribution in [1.29, 1.82) is 0 Å². The van der Waals surface area contributed by atoms with Gasteiger partial charge in [-0.25, -0.2) is 26.4 Å². The van der Waals surface area contributed by atoms with E-state index in [1.807, 2.05) is 0 Å². The second-order valence-corrected chi connectivity index (χ2v) is 12.3. The van der Waals surface area contributed by atoms with Gasteiger partial charge in [-0.2, -0.15) is 0 Å². The summed E-state index contributed by atoms with van der Waals surface area (Å²) < 4.78 is 55.7. The first-order chi connectivity index (χ1) is 15.7. The Balaban J connectivity index is 2.54. The first-order valence-electron chi connectivity index (χ1n) is 10.0. The molecule has 0 aliphatic carbocycles. The molecule has 0 bridgehead atoms. The number of likely N-dealkylation sites (N-methyl/N-ethyl adjacent to an activating group) is 1. The van der Waals surface area contributed by atoms with Crippen LogP contribution in [0.2, 0.25) is 0 Å². The number of fused-ring (bicyclic) bond motifs is 1. The van der Waals surface area contributed by atoms with Crippen molar-refractivity contribution in [2.24, 2.45) is 0 Å². The molecule has 12 heteroatoms. The summed E-state index contributed by atoms with van der Waals surface area (Å²) in [6.07, 6.45) is 6.25. The third-order valence-corrected chi connectivity index (χ3v) is 6.60. The maximum absolute atomic E-state index is 12.9. The molecule has 10 nitrogen and oxygen atoms in total. The van der Waals surface area contributed by atoms with Crippen molar-refractivity contribution in [3.63, 3.8) is 0 Å². The molecule has 0 spiro atoms. The fourth-order valence-corrected chi connectivity index (χ4v) is 3.88. The highest BCUT2D eigenvalue weighted by Gasteiger charge is 2.29. The van der Waals surface area contributed by atoms with Crippen molar-refractivity contribution in [3.05, 3.63) is 59.3 Å². The fraction of sp³-hybridized carbons (Fsp3) is 0.364. The predicted molar refractivity (Wildman–Crippen MR) is 126 cm³/mol. The third kappa shape index (κ3) is 7.73. The summed E-state index contributed by atoms with van der Waals surface area (Å²) >= 11 is 0. The Bertz CT molecular complexity index is 1240. The topological polar surface area (TPSA) is 144 Å². The van der Waals surface area contributed by atoms with Gasteiger partial charge in [0.25, 0.3) is 0 Å². The van der Waals surface area contributed by atoms with Gasteiger partial charge in [0.15, 0.2) is 19.7 Å². The van der Waals surface area contributed by atoms with E-state index < -0.39 is 62.4 Å². The maximum Gasteiger partial charge on any atom is 0.340 e. The molecule has 0 aromatic heterocycles. The van der Waals surface area contributed by atoms with Crippen molar-refractivity contribution >= 4 is 37.7 Å². The number of hydrogen-bond acceptors (Lipinski definition) is 10. The fourth-order valence-electron chi connectivity index (χ4n) is 3.11. The lowest BCUT2D eigenvalue weighted by atomic mass is 9.93. The minimum Gasteiger partial charge on any atom is -0.508 e. The average Bonchev–Trinajstić information content (AvgIpc) is 2.69. The van der Waals surface area contributed by atoms with Gasteiger partial charge in [0.1, 0.15) is 19.0 Å². The summed E-state index contributed by atoms with van der Waals surface area (Å²) in [4.78, 5) is 27.4. The summed E-state index contributed by atoms with van der Waals surface area (Å²) in [5.41, 5.74) is 0.615. The molecule has 0 fully saturated rings. The Hall–Kier alpha value is -3.12. The standard InChI is InChI=1S/C22H27NO9S2/c1-5-20-17-13-16(24)7-6-15(17)12-18(21(25)31-8-10-33(3,27)28)19(14-23(20)2)22(26)32-9-11-34(4,29)30/h5-7,12-14,20,24H,1,8-11H2,2-4H3. The van der Waals surface area contributed by atoms with E-state index in [2.05, 4.69) is 6.58 Å². The highest BCUT2D eigenvalue weighted by molar-refractivity contribution is 7.90. The number of nitrogens with zero attached hydrogens (tertiary/aromatic N) is 1. The van der Waals surface area contributed by atoms with Gasteiger partial charge in [-0.3, -0.25) is 0 Å². The molecule has 1 unspecified atom stereocenters. The zero-order valence-corrected chi connectivity index (χ0v) is 20.7. The van der Waals surface area contributed by atoms with Crippen LogP contribution >= 0.6 is 0 Å². The van der Waals surface area contributed by atoms with Gasteiger partial charge in [-0.05, 0) is 29.3 Å². The SMILES string of the molecule is C=CC1c2cc(O)ccc2C=C(C(=O)OCCS(C)(=O)=O)C(C(=O)OCCS(C)(=O)=O)=CN1C. The molecule has 186 valence electrons. The average molecular weight is 514 g/mol. The summed E-state index contributed by atoms with van der Waals surface area (Å²) in [5, 5.41) is 9.96. The van der Waals surface area contributed by atoms with E-state index in [4.69, 9.17) is 9.47 Å². The van der Waals surface area contributed by atoms with Gasteiger partial charge in [-0.1, -0.05) is 12.1 Å². The number of esters is 2. The van der Waals surface area contributed by atoms with E-state index in [-0.39, 0.29) is 16.9 Å². The van der Waals surface area contributed by atoms with Gasteiger partial charge in [0, 0.05) is 25.8 Å². The number of benzene rings is 1. The van der Waals surface area contributed by atoms with Crippen molar-refractivity contribution in [3.8, 4) is 5.75 Å². The van der Waals surface area contributed by atoms with Crippen molar-refractivity contribution in [1.82, 2.24) is 4.90 Å². The van der Waals surface area contributed by atoms with Crippen LogP contribution in [0.4, 0.5) is 0 Å². The molecule has 0 amide bonds. The number of sulfone groups is 2. The van der Waals surface area contributed by atoms with Crippen molar-refractivity contribution in [2.45, 2.75) is 6.04 Å². The molecule has 2 rings (SSSR count). The van der Waals surface area contributed by atoms with Crippen molar-refractivity contribution < 1.29 is 41.0 Å². The van der Waals surface area contributed by atoms with Crippen molar-refractivity contribution in [2.75, 3.05) is 44.3 Å². The van der Waals surface area contributed by atoms with E-state index >= 15 is 0 Å². The molecule has 1 aliphatic heterocycles. The number of carbonyl (C=O) groups is 2. The second-order valence-electron chi connectivity index (χ2n) is 7.79. The van der Waals surface area contributed by atoms with E-state index in [9.17, 15) is 31.5 Å². The number of hydrogen-bond donors (Lipinski definition) is 1. The summed E-state index contributed by atoms with van der Waals surface area (Å²) in [7, 11) is -5.18. The monoisotopic (exact) mass is 513 g/mol. The molecular formula is C22H27NO9S2. The largest absolute Gasteiger partial charge is 0.508 e. The van der Waals surface area contributed by atoms with Crippen LogP contribution in [0.5, 0.6) is 5.75 Å². The molecule has 0 radical (unpaired) electrons. The molecule has 1 aromatic rings. The Labute approximate surface area is 199 Å². The van der Waals surface area contributed by atoms with Crippen LogP contribution in [0, 0.1) is 0 Å². The molecule has 1 N–H and O–H groups in total. The van der Waals surface area contributed by atoms with E-state index in [1.165, 1.54) is 30.5 Å². The number of aromatic hydroxyl groups is 1. The second kappa shape index (κ2) is 10.9. The Kier molecular flexibility index (Phi) is 8.67. The normalized spacial score (nSPS) is 16.3. The first kappa shape index (κ1) is 27.1. The lowest BCUT2D eigenvalue weighted by Gasteiger charge is -2.29. The number of carbonyl (C=O) groups excluding carboxylic acids is 2. The van der Waals surface area contributed by atoms with Crippen LogP contribution in [0.3, 0.4) is 0 Å². The van der Waals surface area contributed by atoms with E-state index in [0.29, 0.717) is 11.1 Å². The Morgan fingerprint density at radius 3 is 2.06 bits per heavy atom. The molecule has 0 saturated heterocycles. The maximum atomic E-state index is 12.9. The van der Waals surface area contributed by atoms with Crippen LogP contribution in [-0.2, 0) is 38.7 Å². The Morgan fingerprint density at radius 2 is 1.56 bits per heavy atom. The van der Waals surface area contributed by atoms with Gasteiger partial charge in [0.2, 0.25) is 0 Å². The highest BCUT2D eigenvalue weighted by atomic mass is 32.2. The van der Waals surface area contributed by atoms with E-state index in [1.54, 1.807) is 18.0 Å². The Morgan fingerprint density at radius 1 is 1.03 bits per heavy atom. The highest BCUT2D eigenvalue weighted by Crippen LogP contribution is 2.33. The molecule has 1 aliphatic rings. The molecular weight excluding hydrogens is 486 g/mol. The number of phenolic OH excluding ortho intramolecular Hbond substituents is 1. The first-order valence-corrected chi connectivity index (χ1v) is 14.1. The van der Waals surface area contributed by atoms with Crippen LogP contribution in [0.15, 0.2) is 48.2 Å². The molecule has 0 saturated carbocycles. The zero-order valence-electron chi connectivity index (χ0n) is 19.1. The molecule has 1 heterocycles. The molecule has 1 aromatic carbocycles.